The van der Waals surface area contributed by atoms with Crippen LogP contribution in [0, 0.1) is 17.8 Å². The number of carbonyl (C=O) groups excluding carboxylic acids is 2. The number of hydrogen-bond acceptors (Lipinski definition) is 7. The van der Waals surface area contributed by atoms with Crippen LogP contribution in [-0.2, 0) is 0 Å². The fourth-order valence-corrected chi connectivity index (χ4v) is 7.40. The minimum atomic E-state index is -0.532. The number of nitrogens with one attached hydrogen (secondary N) is 1. The van der Waals surface area contributed by atoms with E-state index in [0.29, 0.717) is 23.4 Å². The Hall–Kier alpha value is -3.20. The van der Waals surface area contributed by atoms with Crippen molar-refractivity contribution in [3.8, 4) is 0 Å². The summed E-state index contributed by atoms with van der Waals surface area (Å²) >= 11 is 0. The van der Waals surface area contributed by atoms with Gasteiger partial charge in [0, 0.05) is 31.7 Å². The minimum absolute atomic E-state index is 0.117. The summed E-state index contributed by atoms with van der Waals surface area (Å²) in [7, 11) is 0. The highest BCUT2D eigenvalue weighted by Crippen LogP contribution is 2.55. The van der Waals surface area contributed by atoms with E-state index in [9.17, 15) is 14.7 Å². The van der Waals surface area contributed by atoms with Crippen molar-refractivity contribution in [2.24, 2.45) is 23.5 Å². The molecule has 9 nitrogen and oxygen atoms in total. The van der Waals surface area contributed by atoms with Gasteiger partial charge in [0.05, 0.1) is 17.5 Å². The molecule has 5 aliphatic rings. The Kier molecular flexibility index (Phi) is 5.63. The number of aliphatic hydroxyl groups is 1. The summed E-state index contributed by atoms with van der Waals surface area (Å²) in [5.74, 6) is 1.50. The predicted molar refractivity (Wildman–Crippen MR) is 136 cm³/mol. The molecule has 1 saturated heterocycles. The molecule has 5 fully saturated rings. The maximum Gasteiger partial charge on any atom is 0.270 e. The van der Waals surface area contributed by atoms with E-state index in [4.69, 9.17) is 10.7 Å². The summed E-state index contributed by atoms with van der Waals surface area (Å²) in [5, 5.41) is 14.1. The number of pyridine rings is 2. The maximum atomic E-state index is 13.2. The summed E-state index contributed by atoms with van der Waals surface area (Å²) in [5.41, 5.74) is 6.45. The van der Waals surface area contributed by atoms with Crippen LogP contribution in [0.15, 0.2) is 36.5 Å². The highest BCUT2D eigenvalue weighted by molar-refractivity contribution is 5.93. The summed E-state index contributed by atoms with van der Waals surface area (Å²) in [6.45, 7) is 4.44. The molecule has 0 aromatic carbocycles. The Labute approximate surface area is 211 Å². The van der Waals surface area contributed by atoms with Gasteiger partial charge in [-0.2, -0.15) is 0 Å². The van der Waals surface area contributed by atoms with Crippen molar-refractivity contribution in [1.29, 1.82) is 0 Å². The molecule has 1 aliphatic heterocycles. The van der Waals surface area contributed by atoms with Crippen LogP contribution < -0.4 is 20.9 Å². The van der Waals surface area contributed by atoms with E-state index in [1.807, 2.05) is 18.2 Å². The quantitative estimate of drug-likeness (QED) is 0.585. The van der Waals surface area contributed by atoms with Crippen molar-refractivity contribution in [1.82, 2.24) is 15.3 Å². The first kappa shape index (κ1) is 23.2. The molecule has 2 aromatic heterocycles. The number of nitrogens with two attached hydrogens (primary N) is 1. The monoisotopic (exact) mass is 490 g/mol. The molecule has 4 aliphatic carbocycles. The number of nitrogens with zero attached hydrogens (tertiary/aromatic N) is 4. The van der Waals surface area contributed by atoms with Gasteiger partial charge in [0.25, 0.3) is 11.8 Å². The number of anilines is 2. The van der Waals surface area contributed by atoms with Gasteiger partial charge in [-0.3, -0.25) is 9.59 Å². The van der Waals surface area contributed by atoms with Gasteiger partial charge >= 0.3 is 0 Å². The molecule has 2 aromatic rings. The van der Waals surface area contributed by atoms with E-state index in [-0.39, 0.29) is 23.7 Å². The van der Waals surface area contributed by atoms with Crippen LogP contribution >= 0.6 is 0 Å². The fraction of sp³-hybridized carbons (Fsp3) is 0.556. The predicted octanol–water partition coefficient (Wildman–Crippen LogP) is 1.96. The van der Waals surface area contributed by atoms with Gasteiger partial charge in [0.1, 0.15) is 17.2 Å². The molecular formula is C27H34N6O3. The first-order chi connectivity index (χ1) is 17.3. The molecule has 3 atom stereocenters. The van der Waals surface area contributed by atoms with E-state index in [0.717, 1.165) is 63.2 Å². The Morgan fingerprint density at radius 3 is 2.50 bits per heavy atom. The molecule has 9 heteroatoms. The topological polar surface area (TPSA) is 125 Å². The summed E-state index contributed by atoms with van der Waals surface area (Å²) < 4.78 is 0. The Bertz CT molecular complexity index is 1150. The number of rotatable bonds is 5. The van der Waals surface area contributed by atoms with Gasteiger partial charge in [-0.05, 0) is 81.0 Å². The third-order valence-electron chi connectivity index (χ3n) is 8.79. The van der Waals surface area contributed by atoms with Crippen LogP contribution in [0.1, 0.15) is 60.0 Å². The van der Waals surface area contributed by atoms with E-state index in [2.05, 4.69) is 27.0 Å². The lowest BCUT2D eigenvalue weighted by molar-refractivity contribution is -0.136. The van der Waals surface area contributed by atoms with Crippen LogP contribution in [0.4, 0.5) is 11.5 Å². The highest BCUT2D eigenvalue weighted by atomic mass is 16.3. The van der Waals surface area contributed by atoms with Crippen molar-refractivity contribution in [2.45, 2.75) is 56.7 Å². The number of piperazine rings is 1. The molecule has 0 spiro atoms. The lowest BCUT2D eigenvalue weighted by Gasteiger charge is -2.58. The highest BCUT2D eigenvalue weighted by Gasteiger charge is 2.55. The standard InChI is InChI=1S/C27H34N6O3/c1-16-15-32(20-5-6-21(25(28)34)29-14-20)7-8-33(16)23-4-2-3-22(30-23)26(35)31-24-18-9-17-10-19(24)13-27(36,11-17)12-18/h2-6,14,16-19,24,36H,7-13,15H2,1H3,(H2,28,34)(H,31,35). The van der Waals surface area contributed by atoms with Crippen LogP contribution in [0.3, 0.4) is 0 Å². The first-order valence-electron chi connectivity index (χ1n) is 13.1. The molecule has 36 heavy (non-hydrogen) atoms. The third kappa shape index (κ3) is 4.19. The molecule has 4 N–H and O–H groups in total. The number of carbonyl (C=O) groups is 2. The van der Waals surface area contributed by atoms with Crippen molar-refractivity contribution in [2.75, 3.05) is 29.4 Å². The average Bonchev–Trinajstić information content (AvgIpc) is 2.85. The molecular weight excluding hydrogens is 456 g/mol. The number of amides is 2. The second kappa shape index (κ2) is 8.73. The lowest BCUT2D eigenvalue weighted by Crippen LogP contribution is -2.61. The molecule has 4 bridgehead atoms. The SMILES string of the molecule is CC1CN(c2ccc(C(N)=O)nc2)CCN1c1cccc(C(=O)NC2C3CC4CC2CC(O)(C4)C3)n1. The average molecular weight is 491 g/mol. The van der Waals surface area contributed by atoms with Crippen LogP contribution in [0.25, 0.3) is 0 Å². The molecule has 2 amide bonds. The van der Waals surface area contributed by atoms with Gasteiger partial charge in [0.2, 0.25) is 0 Å². The lowest BCUT2D eigenvalue weighted by atomic mass is 9.52. The Balaban J connectivity index is 1.11. The molecule has 0 radical (unpaired) electrons. The van der Waals surface area contributed by atoms with E-state index in [1.54, 1.807) is 18.3 Å². The van der Waals surface area contributed by atoms with Gasteiger partial charge in [-0.15, -0.1) is 0 Å². The van der Waals surface area contributed by atoms with Gasteiger partial charge in [-0.1, -0.05) is 6.07 Å². The van der Waals surface area contributed by atoms with Crippen molar-refractivity contribution in [3.05, 3.63) is 47.9 Å². The van der Waals surface area contributed by atoms with Crippen LogP contribution in [0.5, 0.6) is 0 Å². The zero-order chi connectivity index (χ0) is 25.0. The second-order valence-corrected chi connectivity index (χ2v) is 11.3. The van der Waals surface area contributed by atoms with Crippen LogP contribution in [-0.4, -0.2) is 64.2 Å². The summed E-state index contributed by atoms with van der Waals surface area (Å²) in [6, 6.07) is 9.49. The molecule has 7 rings (SSSR count). The van der Waals surface area contributed by atoms with E-state index >= 15 is 0 Å². The zero-order valence-electron chi connectivity index (χ0n) is 20.6. The van der Waals surface area contributed by atoms with Gasteiger partial charge in [-0.25, -0.2) is 9.97 Å². The fourth-order valence-electron chi connectivity index (χ4n) is 7.40. The van der Waals surface area contributed by atoms with Gasteiger partial charge < -0.3 is 26.0 Å². The third-order valence-corrected chi connectivity index (χ3v) is 8.79. The molecule has 4 saturated carbocycles. The van der Waals surface area contributed by atoms with Crippen molar-refractivity contribution in [3.63, 3.8) is 0 Å². The summed E-state index contributed by atoms with van der Waals surface area (Å²) in [4.78, 5) is 37.9. The van der Waals surface area contributed by atoms with Crippen molar-refractivity contribution >= 4 is 23.3 Å². The second-order valence-electron chi connectivity index (χ2n) is 11.3. The summed E-state index contributed by atoms with van der Waals surface area (Å²) in [6.07, 6.45) is 6.46. The van der Waals surface area contributed by atoms with Crippen LogP contribution in [0.2, 0.25) is 0 Å². The van der Waals surface area contributed by atoms with E-state index in [1.165, 1.54) is 0 Å². The number of hydrogen-bond donors (Lipinski definition) is 3. The zero-order valence-corrected chi connectivity index (χ0v) is 20.6. The normalized spacial score (nSPS) is 33.0. The minimum Gasteiger partial charge on any atom is -0.390 e. The van der Waals surface area contributed by atoms with E-state index < -0.39 is 11.5 Å². The largest absolute Gasteiger partial charge is 0.390 e. The van der Waals surface area contributed by atoms with Gasteiger partial charge in [0.15, 0.2) is 0 Å². The molecule has 190 valence electrons. The molecule has 3 unspecified atom stereocenters. The smallest absolute Gasteiger partial charge is 0.270 e. The first-order valence-corrected chi connectivity index (χ1v) is 13.1. The maximum absolute atomic E-state index is 13.2. The number of aromatic nitrogens is 2. The Morgan fingerprint density at radius 2 is 1.86 bits per heavy atom. The Morgan fingerprint density at radius 1 is 1.08 bits per heavy atom. The van der Waals surface area contributed by atoms with Crippen molar-refractivity contribution < 1.29 is 14.7 Å². The molecule has 3 heterocycles. The number of primary amides is 1.